The lowest BCUT2D eigenvalue weighted by Crippen LogP contribution is -2.16. The van der Waals surface area contributed by atoms with E-state index in [1.165, 1.54) is 12.1 Å². The Bertz CT molecular complexity index is 979. The van der Waals surface area contributed by atoms with Crippen molar-refractivity contribution < 1.29 is 9.18 Å². The number of hydrogen-bond acceptors (Lipinski definition) is 3. The Hall–Kier alpha value is -2.67. The molecule has 0 spiro atoms. The molecule has 27 heavy (non-hydrogen) atoms. The van der Waals surface area contributed by atoms with Crippen LogP contribution in [0, 0.1) is 26.6 Å². The fourth-order valence-electron chi connectivity index (χ4n) is 2.85. The molecule has 1 aromatic carbocycles. The number of benzene rings is 1. The molecule has 1 amide bonds. The van der Waals surface area contributed by atoms with Gasteiger partial charge >= 0.3 is 0 Å². The summed E-state index contributed by atoms with van der Waals surface area (Å²) in [7, 11) is 0. The number of anilines is 1. The van der Waals surface area contributed by atoms with Crippen LogP contribution in [0.25, 0.3) is 0 Å². The molecule has 0 saturated heterocycles. The summed E-state index contributed by atoms with van der Waals surface area (Å²) in [5.74, 6) is -0.480. The van der Waals surface area contributed by atoms with E-state index in [0.717, 1.165) is 16.8 Å². The number of hydrogen-bond donors (Lipinski definition) is 1. The minimum Gasteiger partial charge on any atom is -0.323 e. The van der Waals surface area contributed by atoms with E-state index in [9.17, 15) is 9.18 Å². The van der Waals surface area contributed by atoms with Gasteiger partial charge in [-0.2, -0.15) is 10.2 Å². The molecule has 0 unspecified atom stereocenters. The summed E-state index contributed by atoms with van der Waals surface area (Å²) in [5.41, 5.74) is 4.04. The molecule has 3 aromatic rings. The number of carbonyl (C=O) groups is 1. The molecule has 3 rings (SSSR count). The summed E-state index contributed by atoms with van der Waals surface area (Å²) in [6.07, 6.45) is 3.97. The molecule has 142 valence electrons. The van der Waals surface area contributed by atoms with Gasteiger partial charge in [0.25, 0.3) is 0 Å². The van der Waals surface area contributed by atoms with Gasteiger partial charge in [-0.3, -0.25) is 14.2 Å². The van der Waals surface area contributed by atoms with Gasteiger partial charge in [-0.25, -0.2) is 4.39 Å². The van der Waals surface area contributed by atoms with Gasteiger partial charge in [-0.1, -0.05) is 17.7 Å². The Morgan fingerprint density at radius 2 is 2.07 bits per heavy atom. The molecule has 2 aromatic heterocycles. The van der Waals surface area contributed by atoms with Crippen molar-refractivity contribution in [1.82, 2.24) is 19.6 Å². The van der Waals surface area contributed by atoms with Crippen molar-refractivity contribution in [2.45, 2.75) is 40.3 Å². The summed E-state index contributed by atoms with van der Waals surface area (Å²) >= 11 is 6.10. The van der Waals surface area contributed by atoms with E-state index in [0.29, 0.717) is 35.9 Å². The second-order valence-corrected chi connectivity index (χ2v) is 6.93. The van der Waals surface area contributed by atoms with E-state index in [4.69, 9.17) is 11.6 Å². The topological polar surface area (TPSA) is 64.7 Å². The second-order valence-electron chi connectivity index (χ2n) is 6.52. The molecule has 0 aliphatic carbocycles. The van der Waals surface area contributed by atoms with Crippen molar-refractivity contribution in [1.29, 1.82) is 0 Å². The van der Waals surface area contributed by atoms with E-state index in [-0.39, 0.29) is 11.7 Å². The highest BCUT2D eigenvalue weighted by Crippen LogP contribution is 2.23. The first-order valence-electron chi connectivity index (χ1n) is 8.60. The Labute approximate surface area is 161 Å². The normalized spacial score (nSPS) is 11.0. The van der Waals surface area contributed by atoms with E-state index in [2.05, 4.69) is 15.5 Å². The van der Waals surface area contributed by atoms with Crippen LogP contribution in [0.2, 0.25) is 5.02 Å². The summed E-state index contributed by atoms with van der Waals surface area (Å²) in [6, 6.07) is 4.29. The zero-order valence-electron chi connectivity index (χ0n) is 15.5. The molecule has 2 heterocycles. The van der Waals surface area contributed by atoms with Crippen molar-refractivity contribution in [3.05, 3.63) is 63.9 Å². The van der Waals surface area contributed by atoms with Crippen LogP contribution >= 0.6 is 11.6 Å². The highest BCUT2D eigenvalue weighted by Gasteiger charge is 2.15. The summed E-state index contributed by atoms with van der Waals surface area (Å²) < 4.78 is 16.7. The summed E-state index contributed by atoms with van der Waals surface area (Å²) in [4.78, 5) is 12.3. The van der Waals surface area contributed by atoms with Crippen LogP contribution in [-0.2, 0) is 17.9 Å². The second kappa shape index (κ2) is 7.92. The van der Waals surface area contributed by atoms with Crippen molar-refractivity contribution >= 4 is 23.2 Å². The maximum atomic E-state index is 13.2. The van der Waals surface area contributed by atoms with Gasteiger partial charge in [-0.05, 0) is 44.0 Å². The zero-order valence-corrected chi connectivity index (χ0v) is 16.2. The first kappa shape index (κ1) is 19.1. The molecule has 0 saturated carbocycles. The number of nitrogens with one attached hydrogen (secondary N) is 1. The smallest absolute Gasteiger partial charge is 0.226 e. The maximum absolute atomic E-state index is 13.2. The molecular formula is C19H21ClFN5O. The molecule has 0 fully saturated rings. The lowest BCUT2D eigenvalue weighted by atomic mass is 10.2. The van der Waals surface area contributed by atoms with Crippen molar-refractivity contribution in [3.8, 4) is 0 Å². The first-order valence-corrected chi connectivity index (χ1v) is 8.98. The Morgan fingerprint density at radius 1 is 1.30 bits per heavy atom. The lowest BCUT2D eigenvalue weighted by Gasteiger charge is -2.09. The first-order chi connectivity index (χ1) is 12.8. The molecule has 0 bridgehead atoms. The lowest BCUT2D eigenvalue weighted by molar-refractivity contribution is -0.116. The fraction of sp³-hybridized carbons (Fsp3) is 0.316. The molecule has 0 radical (unpaired) electrons. The monoisotopic (exact) mass is 389 g/mol. The standard InChI is InChI=1S/C19H21ClFN5O/c1-12-9-22-25(10-12)7-6-18(27)23-19-13(2)24-26(14(19)3)11-15-4-5-16(21)8-17(15)20/h4-5,8-10H,6-7,11H2,1-3H3,(H,23,27). The fourth-order valence-corrected chi connectivity index (χ4v) is 3.08. The largest absolute Gasteiger partial charge is 0.323 e. The van der Waals surface area contributed by atoms with Gasteiger partial charge in [-0.15, -0.1) is 0 Å². The molecule has 0 aliphatic rings. The minimum absolute atomic E-state index is 0.103. The van der Waals surface area contributed by atoms with Crippen LogP contribution < -0.4 is 5.32 Å². The molecule has 1 N–H and O–H groups in total. The third kappa shape index (κ3) is 4.54. The summed E-state index contributed by atoms with van der Waals surface area (Å²) in [5, 5.41) is 11.9. The predicted molar refractivity (Wildman–Crippen MR) is 102 cm³/mol. The van der Waals surface area contributed by atoms with Crippen LogP contribution in [0.1, 0.15) is 28.9 Å². The van der Waals surface area contributed by atoms with Crippen LogP contribution in [0.4, 0.5) is 10.1 Å². The average Bonchev–Trinajstić information content (AvgIpc) is 3.14. The van der Waals surface area contributed by atoms with Gasteiger partial charge in [0.15, 0.2) is 0 Å². The number of aromatic nitrogens is 4. The molecule has 0 atom stereocenters. The minimum atomic E-state index is -0.377. The van der Waals surface area contributed by atoms with E-state index in [1.807, 2.05) is 27.0 Å². The average molecular weight is 390 g/mol. The third-order valence-corrected chi connectivity index (χ3v) is 4.66. The zero-order chi connectivity index (χ0) is 19.6. The number of rotatable bonds is 6. The van der Waals surface area contributed by atoms with Crippen molar-refractivity contribution in [2.75, 3.05) is 5.32 Å². The van der Waals surface area contributed by atoms with Gasteiger partial charge in [0.1, 0.15) is 5.82 Å². The molecule has 0 aliphatic heterocycles. The highest BCUT2D eigenvalue weighted by atomic mass is 35.5. The third-order valence-electron chi connectivity index (χ3n) is 4.31. The quantitative estimate of drug-likeness (QED) is 0.695. The van der Waals surface area contributed by atoms with E-state index < -0.39 is 0 Å². The maximum Gasteiger partial charge on any atom is 0.226 e. The number of nitrogens with zero attached hydrogens (tertiary/aromatic N) is 4. The Balaban J connectivity index is 1.68. The number of aryl methyl sites for hydroxylation is 3. The molecule has 6 nitrogen and oxygen atoms in total. The van der Waals surface area contributed by atoms with Gasteiger partial charge in [0.05, 0.1) is 29.8 Å². The highest BCUT2D eigenvalue weighted by molar-refractivity contribution is 6.31. The number of amides is 1. The summed E-state index contributed by atoms with van der Waals surface area (Å²) in [6.45, 7) is 6.58. The van der Waals surface area contributed by atoms with Gasteiger partial charge in [0, 0.05) is 24.2 Å². The van der Waals surface area contributed by atoms with Crippen LogP contribution in [0.3, 0.4) is 0 Å². The van der Waals surface area contributed by atoms with Gasteiger partial charge < -0.3 is 5.32 Å². The SMILES string of the molecule is Cc1cnn(CCC(=O)Nc2c(C)nn(Cc3ccc(F)cc3Cl)c2C)c1. The van der Waals surface area contributed by atoms with E-state index >= 15 is 0 Å². The molecular weight excluding hydrogens is 369 g/mol. The Kier molecular flexibility index (Phi) is 5.60. The van der Waals surface area contributed by atoms with E-state index in [1.54, 1.807) is 21.6 Å². The van der Waals surface area contributed by atoms with Crippen molar-refractivity contribution in [2.24, 2.45) is 0 Å². The number of halogens is 2. The van der Waals surface area contributed by atoms with Crippen LogP contribution in [0.15, 0.2) is 30.6 Å². The van der Waals surface area contributed by atoms with Gasteiger partial charge in [0.2, 0.25) is 5.91 Å². The Morgan fingerprint density at radius 3 is 2.74 bits per heavy atom. The van der Waals surface area contributed by atoms with Crippen molar-refractivity contribution in [3.63, 3.8) is 0 Å². The number of carbonyl (C=O) groups excluding carboxylic acids is 1. The van der Waals surface area contributed by atoms with Crippen LogP contribution in [-0.4, -0.2) is 25.5 Å². The van der Waals surface area contributed by atoms with Crippen LogP contribution in [0.5, 0.6) is 0 Å². The predicted octanol–water partition coefficient (Wildman–Crippen LogP) is 3.87. The molecule has 8 heteroatoms.